The van der Waals surface area contributed by atoms with Crippen LogP contribution in [0.4, 0.5) is 5.69 Å². The number of amides is 1. The Balaban J connectivity index is 1.46. The van der Waals surface area contributed by atoms with Crippen molar-refractivity contribution in [3.8, 4) is 11.5 Å². The number of piperazine rings is 1. The minimum absolute atomic E-state index is 0.0274. The van der Waals surface area contributed by atoms with Crippen LogP contribution >= 0.6 is 0 Å². The van der Waals surface area contributed by atoms with E-state index in [1.807, 2.05) is 54.3 Å². The second-order valence-corrected chi connectivity index (χ2v) is 6.94. The average Bonchev–Trinajstić information content (AvgIpc) is 2.78. The van der Waals surface area contributed by atoms with E-state index in [2.05, 4.69) is 16.0 Å². The molecule has 6 heteroatoms. The van der Waals surface area contributed by atoms with Crippen LogP contribution in [0.2, 0.25) is 0 Å². The first-order valence-corrected chi connectivity index (χ1v) is 9.90. The van der Waals surface area contributed by atoms with Crippen LogP contribution in [-0.2, 0) is 0 Å². The standard InChI is InChI=1S/C23H25N3O3/c1-3-29-22-7-5-4-6-21(22)25-12-14-26(15-13-25)23(27)20-10-8-17-16-18(28-2)9-11-19(17)24-20/h4-11,16H,3,12-15H2,1-2H3. The summed E-state index contributed by atoms with van der Waals surface area (Å²) in [5.41, 5.74) is 2.35. The van der Waals surface area contributed by atoms with Crippen molar-refractivity contribution in [2.24, 2.45) is 0 Å². The van der Waals surface area contributed by atoms with E-state index in [-0.39, 0.29) is 5.91 Å². The smallest absolute Gasteiger partial charge is 0.272 e. The molecule has 0 radical (unpaired) electrons. The van der Waals surface area contributed by atoms with Gasteiger partial charge in [0.1, 0.15) is 17.2 Å². The van der Waals surface area contributed by atoms with Gasteiger partial charge < -0.3 is 19.3 Å². The number of para-hydroxylation sites is 2. The zero-order chi connectivity index (χ0) is 20.2. The third-order valence-electron chi connectivity index (χ3n) is 5.19. The van der Waals surface area contributed by atoms with Crippen molar-refractivity contribution in [3.05, 3.63) is 60.3 Å². The molecule has 0 spiro atoms. The number of fused-ring (bicyclic) bond motifs is 1. The SMILES string of the molecule is CCOc1ccccc1N1CCN(C(=O)c2ccc3cc(OC)ccc3n2)CC1. The number of ether oxygens (including phenoxy) is 2. The fourth-order valence-corrected chi connectivity index (χ4v) is 3.66. The van der Waals surface area contributed by atoms with Gasteiger partial charge in [0.2, 0.25) is 0 Å². The fourth-order valence-electron chi connectivity index (χ4n) is 3.66. The Morgan fingerprint density at radius 2 is 1.83 bits per heavy atom. The molecule has 29 heavy (non-hydrogen) atoms. The van der Waals surface area contributed by atoms with Gasteiger partial charge in [-0.25, -0.2) is 4.98 Å². The normalized spacial score (nSPS) is 14.1. The van der Waals surface area contributed by atoms with E-state index < -0.39 is 0 Å². The van der Waals surface area contributed by atoms with Crippen molar-refractivity contribution < 1.29 is 14.3 Å². The van der Waals surface area contributed by atoms with E-state index in [1.54, 1.807) is 13.2 Å². The van der Waals surface area contributed by atoms with E-state index in [1.165, 1.54) is 0 Å². The van der Waals surface area contributed by atoms with Gasteiger partial charge in [-0.15, -0.1) is 0 Å². The lowest BCUT2D eigenvalue weighted by atomic mass is 10.1. The van der Waals surface area contributed by atoms with Gasteiger partial charge in [0, 0.05) is 31.6 Å². The minimum Gasteiger partial charge on any atom is -0.497 e. The van der Waals surface area contributed by atoms with E-state index in [4.69, 9.17) is 9.47 Å². The summed E-state index contributed by atoms with van der Waals surface area (Å²) >= 11 is 0. The van der Waals surface area contributed by atoms with Crippen molar-refractivity contribution in [2.75, 3.05) is 44.8 Å². The van der Waals surface area contributed by atoms with Crippen LogP contribution in [0.5, 0.6) is 11.5 Å². The Kier molecular flexibility index (Phi) is 5.51. The molecule has 0 bridgehead atoms. The lowest BCUT2D eigenvalue weighted by Crippen LogP contribution is -2.49. The van der Waals surface area contributed by atoms with Gasteiger partial charge in [0.15, 0.2) is 0 Å². The molecule has 0 atom stereocenters. The largest absolute Gasteiger partial charge is 0.497 e. The number of nitrogens with zero attached hydrogens (tertiary/aromatic N) is 3. The number of hydrogen-bond acceptors (Lipinski definition) is 5. The maximum atomic E-state index is 13.0. The molecule has 0 N–H and O–H groups in total. The van der Waals surface area contributed by atoms with Gasteiger partial charge in [-0.05, 0) is 43.3 Å². The summed E-state index contributed by atoms with van der Waals surface area (Å²) in [4.78, 5) is 21.7. The molecule has 3 aromatic rings. The van der Waals surface area contributed by atoms with E-state index in [0.29, 0.717) is 25.4 Å². The van der Waals surface area contributed by atoms with Crippen LogP contribution in [0.3, 0.4) is 0 Å². The van der Waals surface area contributed by atoms with Crippen molar-refractivity contribution in [1.29, 1.82) is 0 Å². The van der Waals surface area contributed by atoms with Crippen LogP contribution < -0.4 is 14.4 Å². The van der Waals surface area contributed by atoms with Gasteiger partial charge in [0.25, 0.3) is 5.91 Å². The van der Waals surface area contributed by atoms with Gasteiger partial charge in [0.05, 0.1) is 24.9 Å². The van der Waals surface area contributed by atoms with Crippen LogP contribution in [0, 0.1) is 0 Å². The molecule has 1 saturated heterocycles. The Hall–Kier alpha value is -3.28. The lowest BCUT2D eigenvalue weighted by Gasteiger charge is -2.36. The first kappa shape index (κ1) is 19.1. The van der Waals surface area contributed by atoms with Crippen LogP contribution in [0.15, 0.2) is 54.6 Å². The van der Waals surface area contributed by atoms with Gasteiger partial charge in [-0.1, -0.05) is 18.2 Å². The first-order valence-electron chi connectivity index (χ1n) is 9.90. The molecule has 0 aliphatic carbocycles. The summed E-state index contributed by atoms with van der Waals surface area (Å²) in [5, 5.41) is 0.957. The molecule has 1 aliphatic heterocycles. The van der Waals surface area contributed by atoms with Crippen molar-refractivity contribution in [1.82, 2.24) is 9.88 Å². The van der Waals surface area contributed by atoms with Gasteiger partial charge in [-0.2, -0.15) is 0 Å². The monoisotopic (exact) mass is 391 g/mol. The number of methoxy groups -OCH3 is 1. The number of aromatic nitrogens is 1. The number of pyridine rings is 1. The summed E-state index contributed by atoms with van der Waals surface area (Å²) in [6.07, 6.45) is 0. The predicted octanol–water partition coefficient (Wildman–Crippen LogP) is 3.60. The minimum atomic E-state index is -0.0274. The average molecular weight is 391 g/mol. The molecule has 4 rings (SSSR count). The van der Waals surface area contributed by atoms with Crippen molar-refractivity contribution in [2.45, 2.75) is 6.92 Å². The molecule has 0 unspecified atom stereocenters. The molecule has 2 aromatic carbocycles. The fraction of sp³-hybridized carbons (Fsp3) is 0.304. The molecular formula is C23H25N3O3. The predicted molar refractivity (Wildman–Crippen MR) is 114 cm³/mol. The van der Waals surface area contributed by atoms with E-state index >= 15 is 0 Å². The number of carbonyl (C=O) groups excluding carboxylic acids is 1. The Labute approximate surface area is 170 Å². The van der Waals surface area contributed by atoms with Crippen molar-refractivity contribution >= 4 is 22.5 Å². The molecular weight excluding hydrogens is 366 g/mol. The van der Waals surface area contributed by atoms with E-state index in [0.717, 1.165) is 41.2 Å². The van der Waals surface area contributed by atoms with Crippen molar-refractivity contribution in [3.63, 3.8) is 0 Å². The molecule has 1 amide bonds. The number of hydrogen-bond donors (Lipinski definition) is 0. The maximum Gasteiger partial charge on any atom is 0.272 e. The summed E-state index contributed by atoms with van der Waals surface area (Å²) < 4.78 is 11.0. The Bertz CT molecular complexity index is 1010. The molecule has 6 nitrogen and oxygen atoms in total. The summed E-state index contributed by atoms with van der Waals surface area (Å²) in [6, 6.07) is 17.4. The molecule has 1 fully saturated rings. The van der Waals surface area contributed by atoms with Gasteiger partial charge in [-0.3, -0.25) is 4.79 Å². The maximum absolute atomic E-state index is 13.0. The number of rotatable bonds is 5. The van der Waals surface area contributed by atoms with Gasteiger partial charge >= 0.3 is 0 Å². The quantitative estimate of drug-likeness (QED) is 0.665. The van der Waals surface area contributed by atoms with Crippen LogP contribution in [0.25, 0.3) is 10.9 Å². The highest BCUT2D eigenvalue weighted by atomic mass is 16.5. The number of carbonyl (C=O) groups is 1. The Morgan fingerprint density at radius 3 is 2.59 bits per heavy atom. The highest BCUT2D eigenvalue weighted by Crippen LogP contribution is 2.29. The second-order valence-electron chi connectivity index (χ2n) is 6.94. The zero-order valence-electron chi connectivity index (χ0n) is 16.8. The topological polar surface area (TPSA) is 54.9 Å². The summed E-state index contributed by atoms with van der Waals surface area (Å²) in [7, 11) is 1.64. The summed E-state index contributed by atoms with van der Waals surface area (Å²) in [6.45, 7) is 5.46. The highest BCUT2D eigenvalue weighted by molar-refractivity contribution is 5.95. The molecule has 150 valence electrons. The molecule has 1 aromatic heterocycles. The molecule has 1 aliphatic rings. The number of benzene rings is 2. The van der Waals surface area contributed by atoms with E-state index in [9.17, 15) is 4.79 Å². The van der Waals surface area contributed by atoms with Crippen LogP contribution in [-0.4, -0.2) is 55.7 Å². The second kappa shape index (κ2) is 8.39. The molecule has 2 heterocycles. The summed E-state index contributed by atoms with van der Waals surface area (Å²) in [5.74, 6) is 1.64. The number of anilines is 1. The lowest BCUT2D eigenvalue weighted by molar-refractivity contribution is 0.0741. The zero-order valence-corrected chi connectivity index (χ0v) is 16.8. The molecule has 0 saturated carbocycles. The third-order valence-corrected chi connectivity index (χ3v) is 5.19. The highest BCUT2D eigenvalue weighted by Gasteiger charge is 2.24. The first-order chi connectivity index (χ1) is 14.2. The Morgan fingerprint density at radius 1 is 1.03 bits per heavy atom. The van der Waals surface area contributed by atoms with Crippen LogP contribution in [0.1, 0.15) is 17.4 Å². The third kappa shape index (κ3) is 3.97.